The Hall–Kier alpha value is 0.01000. The maximum absolute atomic E-state index is 10.8. The minimum Gasteiger partial charge on any atom is -1.00 e. The summed E-state index contributed by atoms with van der Waals surface area (Å²) in [6.07, 6.45) is 2.92. The van der Waals surface area contributed by atoms with Gasteiger partial charge in [-0.2, -0.15) is 0 Å². The molecule has 1 aliphatic rings. The van der Waals surface area contributed by atoms with E-state index >= 15 is 0 Å². The molecule has 0 saturated heterocycles. The topological polar surface area (TPSA) is 24.7 Å². The molecular weight excluding hydrogens is 329 g/mol. The summed E-state index contributed by atoms with van der Waals surface area (Å²) in [5.74, 6) is 0. The number of rotatable bonds is 6. The smallest absolute Gasteiger partial charge is 0.112 e. The molecule has 2 rings (SSSR count). The molecule has 0 radical (unpaired) electrons. The van der Waals surface area contributed by atoms with E-state index in [4.69, 9.17) is 23.2 Å². The third-order valence-corrected chi connectivity index (χ3v) is 5.60. The van der Waals surface area contributed by atoms with Crippen LogP contribution in [0.4, 0.5) is 0 Å². The van der Waals surface area contributed by atoms with Crippen molar-refractivity contribution in [2.24, 2.45) is 0 Å². The molecule has 120 valence electrons. The SMILES string of the molecule is CC[NH+](CC)CC(O)C1(c2ccc(Cl)c(Cl)c2)CCC1.[Cl-]. The third-order valence-electron chi connectivity index (χ3n) is 4.86. The second-order valence-corrected chi connectivity index (χ2v) is 6.63. The van der Waals surface area contributed by atoms with Gasteiger partial charge in [0.05, 0.1) is 23.1 Å². The van der Waals surface area contributed by atoms with Crippen molar-refractivity contribution < 1.29 is 22.4 Å². The summed E-state index contributed by atoms with van der Waals surface area (Å²) in [5, 5.41) is 11.9. The van der Waals surface area contributed by atoms with E-state index in [2.05, 4.69) is 13.8 Å². The number of halogens is 3. The molecule has 2 nitrogen and oxygen atoms in total. The van der Waals surface area contributed by atoms with Crippen molar-refractivity contribution >= 4 is 23.2 Å². The van der Waals surface area contributed by atoms with Crippen LogP contribution in [0.2, 0.25) is 10.0 Å². The van der Waals surface area contributed by atoms with E-state index < -0.39 is 0 Å². The van der Waals surface area contributed by atoms with Crippen molar-refractivity contribution in [2.75, 3.05) is 19.6 Å². The summed E-state index contributed by atoms with van der Waals surface area (Å²) in [7, 11) is 0. The van der Waals surface area contributed by atoms with Crippen LogP contribution >= 0.6 is 23.2 Å². The van der Waals surface area contributed by atoms with Crippen LogP contribution in [-0.4, -0.2) is 30.8 Å². The molecule has 5 heteroatoms. The van der Waals surface area contributed by atoms with Gasteiger partial charge in [0.1, 0.15) is 12.6 Å². The summed E-state index contributed by atoms with van der Waals surface area (Å²) in [6.45, 7) is 7.22. The molecule has 1 atom stereocenters. The van der Waals surface area contributed by atoms with Gasteiger partial charge in [-0.05, 0) is 44.4 Å². The van der Waals surface area contributed by atoms with Crippen molar-refractivity contribution in [3.63, 3.8) is 0 Å². The Bertz CT molecular complexity index is 459. The van der Waals surface area contributed by atoms with Gasteiger partial charge >= 0.3 is 0 Å². The highest BCUT2D eigenvalue weighted by molar-refractivity contribution is 6.42. The standard InChI is InChI=1S/C16H23Cl2NO.ClH/c1-3-19(4-2)11-15(20)16(8-5-9-16)12-6-7-13(17)14(18)10-12;/h6-7,10,15,20H,3-5,8-9,11H2,1-2H3;1H. The van der Waals surface area contributed by atoms with E-state index in [1.54, 1.807) is 0 Å². The fraction of sp³-hybridized carbons (Fsp3) is 0.625. The fourth-order valence-corrected chi connectivity index (χ4v) is 3.48. The van der Waals surface area contributed by atoms with Gasteiger partial charge in [-0.15, -0.1) is 0 Å². The first-order chi connectivity index (χ1) is 9.53. The van der Waals surface area contributed by atoms with E-state index in [0.717, 1.165) is 38.0 Å². The first-order valence-electron chi connectivity index (χ1n) is 7.50. The summed E-state index contributed by atoms with van der Waals surface area (Å²) in [4.78, 5) is 1.43. The lowest BCUT2D eigenvalue weighted by atomic mass is 9.61. The van der Waals surface area contributed by atoms with Gasteiger partial charge in [0, 0.05) is 5.41 Å². The van der Waals surface area contributed by atoms with Crippen molar-refractivity contribution in [1.82, 2.24) is 0 Å². The molecule has 21 heavy (non-hydrogen) atoms. The van der Waals surface area contributed by atoms with Gasteiger partial charge in [0.25, 0.3) is 0 Å². The number of likely N-dealkylation sites (N-methyl/N-ethyl adjacent to an activating group) is 1. The highest BCUT2D eigenvalue weighted by atomic mass is 35.5. The van der Waals surface area contributed by atoms with Crippen LogP contribution in [0.15, 0.2) is 18.2 Å². The van der Waals surface area contributed by atoms with Crippen LogP contribution in [-0.2, 0) is 5.41 Å². The van der Waals surface area contributed by atoms with Gasteiger partial charge in [0.15, 0.2) is 0 Å². The van der Waals surface area contributed by atoms with Crippen molar-refractivity contribution in [1.29, 1.82) is 0 Å². The predicted octanol–water partition coefficient (Wildman–Crippen LogP) is -0.295. The normalized spacial score (nSPS) is 18.0. The maximum atomic E-state index is 10.8. The average Bonchev–Trinajstić information content (AvgIpc) is 2.38. The number of quaternary nitrogens is 1. The summed E-state index contributed by atoms with van der Waals surface area (Å²) >= 11 is 12.1. The molecule has 1 saturated carbocycles. The lowest BCUT2D eigenvalue weighted by Gasteiger charge is -2.46. The number of nitrogens with one attached hydrogen (secondary N) is 1. The zero-order chi connectivity index (χ0) is 14.8. The second kappa shape index (κ2) is 8.03. The van der Waals surface area contributed by atoms with Crippen molar-refractivity contribution in [2.45, 2.75) is 44.6 Å². The number of aliphatic hydroxyl groups excluding tert-OH is 1. The van der Waals surface area contributed by atoms with Gasteiger partial charge < -0.3 is 22.4 Å². The zero-order valence-corrected chi connectivity index (χ0v) is 14.9. The lowest BCUT2D eigenvalue weighted by molar-refractivity contribution is -0.900. The highest BCUT2D eigenvalue weighted by Gasteiger charge is 2.46. The van der Waals surface area contributed by atoms with Gasteiger partial charge in [0.2, 0.25) is 0 Å². The molecule has 1 aliphatic carbocycles. The van der Waals surface area contributed by atoms with Gasteiger partial charge in [-0.1, -0.05) is 35.7 Å². The van der Waals surface area contributed by atoms with E-state index in [1.807, 2.05) is 18.2 Å². The van der Waals surface area contributed by atoms with Crippen molar-refractivity contribution in [3.05, 3.63) is 33.8 Å². The molecule has 0 amide bonds. The summed E-state index contributed by atoms with van der Waals surface area (Å²) in [6, 6.07) is 5.80. The number of hydrogen-bond donors (Lipinski definition) is 2. The van der Waals surface area contributed by atoms with Gasteiger partial charge in [-0.25, -0.2) is 0 Å². The fourth-order valence-electron chi connectivity index (χ4n) is 3.19. The van der Waals surface area contributed by atoms with Crippen LogP contribution in [0.5, 0.6) is 0 Å². The molecule has 1 fully saturated rings. The summed E-state index contributed by atoms with van der Waals surface area (Å²) in [5.41, 5.74) is 1.02. The van der Waals surface area contributed by atoms with Gasteiger partial charge in [-0.3, -0.25) is 0 Å². The Morgan fingerprint density at radius 3 is 2.24 bits per heavy atom. The van der Waals surface area contributed by atoms with E-state index in [9.17, 15) is 5.11 Å². The van der Waals surface area contributed by atoms with Crippen molar-refractivity contribution in [3.8, 4) is 0 Å². The first-order valence-corrected chi connectivity index (χ1v) is 8.26. The largest absolute Gasteiger partial charge is 1.00 e. The Morgan fingerprint density at radius 1 is 1.19 bits per heavy atom. The molecule has 0 heterocycles. The Balaban J connectivity index is 0.00000220. The molecule has 2 N–H and O–H groups in total. The molecule has 0 aromatic heterocycles. The quantitative estimate of drug-likeness (QED) is 0.722. The molecule has 1 aromatic rings. The minimum atomic E-state index is -0.316. The van der Waals surface area contributed by atoms with Crippen LogP contribution in [0.1, 0.15) is 38.7 Å². The second-order valence-electron chi connectivity index (χ2n) is 5.82. The summed E-state index contributed by atoms with van der Waals surface area (Å²) < 4.78 is 0. The molecule has 1 unspecified atom stereocenters. The number of aliphatic hydroxyl groups is 1. The molecular formula is C16H24Cl3NO. The average molecular weight is 353 g/mol. The molecule has 0 aliphatic heterocycles. The Morgan fingerprint density at radius 2 is 1.81 bits per heavy atom. The molecule has 0 spiro atoms. The highest BCUT2D eigenvalue weighted by Crippen LogP contribution is 2.47. The third kappa shape index (κ3) is 3.86. The van der Waals surface area contributed by atoms with E-state index in [-0.39, 0.29) is 23.9 Å². The predicted molar refractivity (Wildman–Crippen MR) is 84.9 cm³/mol. The lowest BCUT2D eigenvalue weighted by Crippen LogP contribution is -3.12. The van der Waals surface area contributed by atoms with Crippen LogP contribution in [0, 0.1) is 0 Å². The molecule has 0 bridgehead atoms. The molecule has 1 aromatic carbocycles. The van der Waals surface area contributed by atoms with Crippen LogP contribution < -0.4 is 17.3 Å². The van der Waals surface area contributed by atoms with Crippen LogP contribution in [0.25, 0.3) is 0 Å². The minimum absolute atomic E-state index is 0. The maximum Gasteiger partial charge on any atom is 0.112 e. The van der Waals surface area contributed by atoms with E-state index in [1.165, 1.54) is 11.3 Å². The van der Waals surface area contributed by atoms with Crippen LogP contribution in [0.3, 0.4) is 0 Å². The Kier molecular flexibility index (Phi) is 7.29. The first kappa shape index (κ1) is 19.1. The van der Waals surface area contributed by atoms with E-state index in [0.29, 0.717) is 10.0 Å². The number of hydrogen-bond acceptors (Lipinski definition) is 1. The zero-order valence-electron chi connectivity index (χ0n) is 12.6. The Labute approximate surface area is 143 Å². The number of benzene rings is 1. The monoisotopic (exact) mass is 351 g/mol.